The third-order valence-corrected chi connectivity index (χ3v) is 3.30. The number of fused-ring (bicyclic) bond motifs is 1. The molecule has 0 amide bonds. The number of aromatic nitrogens is 2. The maximum atomic E-state index is 10.7. The SMILES string of the molecule is C[C@@H]([C@H](O)c1cn2ccccc2n1)S(=O)[O-]. The minimum absolute atomic E-state index is 0.364. The first-order valence-corrected chi connectivity index (χ1v) is 5.93. The van der Waals surface area contributed by atoms with Crippen LogP contribution in [0.5, 0.6) is 0 Å². The van der Waals surface area contributed by atoms with Crippen LogP contribution in [0.3, 0.4) is 0 Å². The van der Waals surface area contributed by atoms with E-state index in [1.54, 1.807) is 22.9 Å². The molecule has 2 aromatic rings. The van der Waals surface area contributed by atoms with Crippen LogP contribution in [0.25, 0.3) is 5.65 Å². The van der Waals surface area contributed by atoms with Crippen LogP contribution in [0.2, 0.25) is 0 Å². The number of pyridine rings is 1. The van der Waals surface area contributed by atoms with Crippen molar-refractivity contribution in [3.8, 4) is 0 Å². The van der Waals surface area contributed by atoms with Gasteiger partial charge in [-0.05, 0) is 30.1 Å². The molecule has 0 aliphatic carbocycles. The number of nitrogens with zero attached hydrogens (tertiary/aromatic N) is 2. The molecule has 2 heterocycles. The van der Waals surface area contributed by atoms with E-state index in [9.17, 15) is 13.9 Å². The fraction of sp³-hybridized carbons (Fsp3) is 0.300. The molecule has 0 aliphatic rings. The van der Waals surface area contributed by atoms with Gasteiger partial charge in [0.15, 0.2) is 0 Å². The second-order valence-corrected chi connectivity index (χ2v) is 4.81. The van der Waals surface area contributed by atoms with E-state index in [2.05, 4.69) is 4.98 Å². The van der Waals surface area contributed by atoms with Gasteiger partial charge in [0.2, 0.25) is 0 Å². The molecule has 2 rings (SSSR count). The molecule has 3 atom stereocenters. The number of hydrogen-bond acceptors (Lipinski definition) is 4. The zero-order valence-electron chi connectivity index (χ0n) is 8.61. The van der Waals surface area contributed by atoms with Gasteiger partial charge in [0.1, 0.15) is 11.8 Å². The van der Waals surface area contributed by atoms with Crippen LogP contribution < -0.4 is 0 Å². The lowest BCUT2D eigenvalue weighted by molar-refractivity contribution is 0.171. The average Bonchev–Trinajstić information content (AvgIpc) is 2.70. The molecule has 1 N–H and O–H groups in total. The third kappa shape index (κ3) is 1.99. The summed E-state index contributed by atoms with van der Waals surface area (Å²) in [5, 5.41) is 8.92. The van der Waals surface area contributed by atoms with Crippen LogP contribution in [0.4, 0.5) is 0 Å². The van der Waals surface area contributed by atoms with Gasteiger partial charge in [-0.25, -0.2) is 4.98 Å². The molecular weight excluding hydrogens is 228 g/mol. The van der Waals surface area contributed by atoms with E-state index in [-0.39, 0.29) is 0 Å². The fourth-order valence-electron chi connectivity index (χ4n) is 1.44. The maximum absolute atomic E-state index is 10.7. The van der Waals surface area contributed by atoms with Gasteiger partial charge in [-0.1, -0.05) is 6.07 Å². The Hall–Kier alpha value is -1.24. The molecule has 0 saturated heterocycles. The number of rotatable bonds is 3. The Morgan fingerprint density at radius 3 is 2.94 bits per heavy atom. The third-order valence-electron chi connectivity index (χ3n) is 2.43. The summed E-state index contributed by atoms with van der Waals surface area (Å²) in [5.74, 6) is 0. The van der Waals surface area contributed by atoms with Crippen LogP contribution in [0, 0.1) is 0 Å². The lowest BCUT2D eigenvalue weighted by Gasteiger charge is -2.19. The smallest absolute Gasteiger partial charge is 0.137 e. The van der Waals surface area contributed by atoms with Gasteiger partial charge in [0.05, 0.1) is 10.9 Å². The first-order valence-electron chi connectivity index (χ1n) is 4.79. The first kappa shape index (κ1) is 11.3. The Labute approximate surface area is 95.0 Å². The summed E-state index contributed by atoms with van der Waals surface area (Å²) in [7, 11) is 0. The lowest BCUT2D eigenvalue weighted by Crippen LogP contribution is -2.20. The molecule has 16 heavy (non-hydrogen) atoms. The minimum atomic E-state index is -2.31. The summed E-state index contributed by atoms with van der Waals surface area (Å²) in [6.45, 7) is 1.44. The van der Waals surface area contributed by atoms with Crippen LogP contribution in [-0.4, -0.2) is 28.5 Å². The molecule has 0 fully saturated rings. The van der Waals surface area contributed by atoms with Crippen molar-refractivity contribution in [2.45, 2.75) is 18.3 Å². The first-order chi connectivity index (χ1) is 7.59. The summed E-state index contributed by atoms with van der Waals surface area (Å²) >= 11 is -2.31. The molecule has 86 valence electrons. The molecular formula is C10H11N2O3S-. The standard InChI is InChI=1S/C10H12N2O3S/c1-7(16(14)15)10(13)8-6-12-5-3-2-4-9(12)11-8/h2-7,10,13H,1H3,(H,14,15)/p-1/t7-,10-/m0/s1. The van der Waals surface area contributed by atoms with Gasteiger partial charge in [-0.2, -0.15) is 0 Å². The van der Waals surface area contributed by atoms with Crippen molar-refractivity contribution in [2.75, 3.05) is 0 Å². The van der Waals surface area contributed by atoms with Crippen molar-refractivity contribution in [2.24, 2.45) is 0 Å². The molecule has 0 radical (unpaired) electrons. The topological polar surface area (TPSA) is 77.7 Å². The normalized spacial score (nSPS) is 17.2. The van der Waals surface area contributed by atoms with Crippen LogP contribution in [-0.2, 0) is 11.1 Å². The van der Waals surface area contributed by atoms with E-state index in [4.69, 9.17) is 0 Å². The van der Waals surface area contributed by atoms with Crippen LogP contribution in [0.1, 0.15) is 18.7 Å². The minimum Gasteiger partial charge on any atom is -0.772 e. The molecule has 0 spiro atoms. The molecule has 1 unspecified atom stereocenters. The van der Waals surface area contributed by atoms with Gasteiger partial charge in [0.25, 0.3) is 0 Å². The Morgan fingerprint density at radius 1 is 1.56 bits per heavy atom. The highest BCUT2D eigenvalue weighted by atomic mass is 32.2. The number of aliphatic hydroxyl groups excluding tert-OH is 1. The van der Waals surface area contributed by atoms with E-state index in [1.165, 1.54) is 6.92 Å². The maximum Gasteiger partial charge on any atom is 0.137 e. The Morgan fingerprint density at radius 2 is 2.31 bits per heavy atom. The fourth-order valence-corrected chi connectivity index (χ4v) is 1.79. The summed E-state index contributed by atoms with van der Waals surface area (Å²) in [6.07, 6.45) is 2.32. The van der Waals surface area contributed by atoms with E-state index < -0.39 is 22.4 Å². The van der Waals surface area contributed by atoms with Gasteiger partial charge in [-0.3, -0.25) is 4.21 Å². The molecule has 6 heteroatoms. The van der Waals surface area contributed by atoms with Crippen LogP contribution >= 0.6 is 0 Å². The van der Waals surface area contributed by atoms with Gasteiger partial charge < -0.3 is 14.1 Å². The Bertz CT molecular complexity index is 493. The van der Waals surface area contributed by atoms with E-state index >= 15 is 0 Å². The second-order valence-electron chi connectivity index (χ2n) is 3.54. The lowest BCUT2D eigenvalue weighted by atomic mass is 10.2. The zero-order valence-corrected chi connectivity index (χ0v) is 9.42. The summed E-state index contributed by atoms with van der Waals surface area (Å²) < 4.78 is 23.2. The van der Waals surface area contributed by atoms with Gasteiger partial charge >= 0.3 is 0 Å². The summed E-state index contributed by atoms with van der Waals surface area (Å²) in [6, 6.07) is 5.45. The summed E-state index contributed by atoms with van der Waals surface area (Å²) in [4.78, 5) is 4.16. The van der Waals surface area contributed by atoms with E-state index in [0.717, 1.165) is 0 Å². The van der Waals surface area contributed by atoms with E-state index in [0.29, 0.717) is 11.3 Å². The number of imidazole rings is 1. The highest BCUT2D eigenvalue weighted by Crippen LogP contribution is 2.19. The van der Waals surface area contributed by atoms with Crippen molar-refractivity contribution in [1.29, 1.82) is 0 Å². The van der Waals surface area contributed by atoms with Gasteiger partial charge in [-0.15, -0.1) is 0 Å². The zero-order chi connectivity index (χ0) is 11.7. The Kier molecular flexibility index (Phi) is 3.04. The number of aliphatic hydroxyl groups is 1. The van der Waals surface area contributed by atoms with Crippen molar-refractivity contribution in [3.63, 3.8) is 0 Å². The van der Waals surface area contributed by atoms with Crippen molar-refractivity contribution < 1.29 is 13.9 Å². The van der Waals surface area contributed by atoms with Crippen molar-refractivity contribution >= 4 is 16.7 Å². The van der Waals surface area contributed by atoms with Crippen molar-refractivity contribution in [3.05, 3.63) is 36.3 Å². The Balaban J connectivity index is 2.36. The number of hydrogen-bond donors (Lipinski definition) is 1. The quantitative estimate of drug-likeness (QED) is 0.797. The van der Waals surface area contributed by atoms with Gasteiger partial charge in [0, 0.05) is 12.4 Å². The molecule has 0 aromatic carbocycles. The molecule has 2 aromatic heterocycles. The summed E-state index contributed by atoms with van der Waals surface area (Å²) in [5.41, 5.74) is 1.04. The molecule has 5 nitrogen and oxygen atoms in total. The van der Waals surface area contributed by atoms with Crippen LogP contribution in [0.15, 0.2) is 30.6 Å². The van der Waals surface area contributed by atoms with E-state index in [1.807, 2.05) is 12.1 Å². The monoisotopic (exact) mass is 239 g/mol. The highest BCUT2D eigenvalue weighted by Gasteiger charge is 2.19. The molecule has 0 saturated carbocycles. The predicted octanol–water partition coefficient (Wildman–Crippen LogP) is 0.635. The molecule has 0 bridgehead atoms. The molecule has 0 aliphatic heterocycles. The second kappa shape index (κ2) is 4.32. The predicted molar refractivity (Wildman–Crippen MR) is 58.5 cm³/mol. The average molecular weight is 239 g/mol. The van der Waals surface area contributed by atoms with Crippen molar-refractivity contribution in [1.82, 2.24) is 9.38 Å². The largest absolute Gasteiger partial charge is 0.772 e. The highest BCUT2D eigenvalue weighted by molar-refractivity contribution is 7.79.